The first kappa shape index (κ1) is 15.3. The molecule has 1 aliphatic heterocycles. The van der Waals surface area contributed by atoms with Gasteiger partial charge in [0.1, 0.15) is 6.54 Å². The highest BCUT2D eigenvalue weighted by Crippen LogP contribution is 2.31. The molecule has 0 saturated carbocycles. The number of aromatic nitrogens is 2. The second-order valence-corrected chi connectivity index (χ2v) is 6.04. The number of aryl methyl sites for hydroxylation is 2. The predicted octanol–water partition coefficient (Wildman–Crippen LogP) is 0.833. The first-order valence-corrected chi connectivity index (χ1v) is 7.57. The Morgan fingerprint density at radius 1 is 1.26 bits per heavy atom. The van der Waals surface area contributed by atoms with Gasteiger partial charge >= 0.3 is 5.69 Å². The number of para-hydroxylation sites is 1. The molecule has 0 N–H and O–H groups in total. The second kappa shape index (κ2) is 5.53. The zero-order valence-electron chi connectivity index (χ0n) is 13.4. The Hall–Kier alpha value is -2.63. The molecule has 0 bridgehead atoms. The summed E-state index contributed by atoms with van der Waals surface area (Å²) < 4.78 is 2.33. The quantitative estimate of drug-likeness (QED) is 0.825. The zero-order chi connectivity index (χ0) is 16.7. The number of nitrogens with zero attached hydrogens (tertiary/aromatic N) is 3. The van der Waals surface area contributed by atoms with Crippen LogP contribution in [-0.4, -0.2) is 21.1 Å². The van der Waals surface area contributed by atoms with Crippen LogP contribution in [0.2, 0.25) is 0 Å². The maximum absolute atomic E-state index is 12.7. The minimum absolute atomic E-state index is 0.0178. The molecular weight excluding hydrogens is 294 g/mol. The SMILES string of the molecule is Cc1cn(C)c(=O)n(CC(=O)N2c3ccccc3CC2C)c1=O. The molecule has 0 aliphatic carbocycles. The van der Waals surface area contributed by atoms with Gasteiger partial charge in [0.05, 0.1) is 0 Å². The number of benzene rings is 1. The standard InChI is InChI=1S/C17H19N3O3/c1-11-9-18(3)17(23)19(16(11)22)10-15(21)20-12(2)8-13-6-4-5-7-14(13)20/h4-7,9,12H,8,10H2,1-3H3. The molecule has 0 spiro atoms. The van der Waals surface area contributed by atoms with E-state index in [-0.39, 0.29) is 18.5 Å². The fraction of sp³-hybridized carbons (Fsp3) is 0.353. The van der Waals surface area contributed by atoms with Crippen LogP contribution in [0.5, 0.6) is 0 Å². The van der Waals surface area contributed by atoms with Crippen LogP contribution >= 0.6 is 0 Å². The summed E-state index contributed by atoms with van der Waals surface area (Å²) in [5.41, 5.74) is 1.52. The van der Waals surface area contributed by atoms with Crippen LogP contribution < -0.4 is 16.1 Å². The number of anilines is 1. The van der Waals surface area contributed by atoms with Gasteiger partial charge in [-0.05, 0) is 31.9 Å². The van der Waals surface area contributed by atoms with Crippen LogP contribution in [0.25, 0.3) is 0 Å². The van der Waals surface area contributed by atoms with Gasteiger partial charge in [-0.1, -0.05) is 18.2 Å². The summed E-state index contributed by atoms with van der Waals surface area (Å²) in [5, 5.41) is 0. The Morgan fingerprint density at radius 2 is 1.96 bits per heavy atom. The third-order valence-corrected chi connectivity index (χ3v) is 4.27. The van der Waals surface area contributed by atoms with E-state index in [9.17, 15) is 14.4 Å². The van der Waals surface area contributed by atoms with Gasteiger partial charge in [0.25, 0.3) is 5.56 Å². The first-order valence-electron chi connectivity index (χ1n) is 7.57. The van der Waals surface area contributed by atoms with Gasteiger partial charge in [-0.15, -0.1) is 0 Å². The lowest BCUT2D eigenvalue weighted by Crippen LogP contribution is -2.46. The van der Waals surface area contributed by atoms with Gasteiger partial charge in [0.15, 0.2) is 0 Å². The zero-order valence-corrected chi connectivity index (χ0v) is 13.4. The van der Waals surface area contributed by atoms with Gasteiger partial charge in [0.2, 0.25) is 5.91 Å². The minimum atomic E-state index is -0.478. The molecule has 1 aromatic heterocycles. The Balaban J connectivity index is 1.98. The summed E-state index contributed by atoms with van der Waals surface area (Å²) in [4.78, 5) is 38.8. The number of hydrogen-bond acceptors (Lipinski definition) is 3. The molecule has 2 heterocycles. The first-order chi connectivity index (χ1) is 10.9. The monoisotopic (exact) mass is 313 g/mol. The van der Waals surface area contributed by atoms with Gasteiger partial charge in [-0.2, -0.15) is 0 Å². The molecule has 1 aliphatic rings. The summed E-state index contributed by atoms with van der Waals surface area (Å²) in [6, 6.07) is 7.74. The fourth-order valence-corrected chi connectivity index (χ4v) is 3.19. The van der Waals surface area contributed by atoms with Gasteiger partial charge in [-0.3, -0.25) is 14.2 Å². The Bertz CT molecular complexity index is 860. The number of amides is 1. The molecule has 1 unspecified atom stereocenters. The van der Waals surface area contributed by atoms with Gasteiger partial charge < -0.3 is 9.47 Å². The molecule has 6 nitrogen and oxygen atoms in total. The summed E-state index contributed by atoms with van der Waals surface area (Å²) in [7, 11) is 1.57. The van der Waals surface area contributed by atoms with Crippen molar-refractivity contribution in [3.63, 3.8) is 0 Å². The normalized spacial score (nSPS) is 16.5. The van der Waals surface area contributed by atoms with Crippen molar-refractivity contribution in [3.8, 4) is 0 Å². The number of fused-ring (bicyclic) bond motifs is 1. The summed E-state index contributed by atoms with van der Waals surface area (Å²) in [6.45, 7) is 3.36. The molecule has 6 heteroatoms. The van der Waals surface area contributed by atoms with E-state index in [0.717, 1.165) is 22.2 Å². The highest BCUT2D eigenvalue weighted by Gasteiger charge is 2.31. The molecule has 3 rings (SSSR count). The number of hydrogen-bond donors (Lipinski definition) is 0. The van der Waals surface area contributed by atoms with Crippen LogP contribution in [0, 0.1) is 6.92 Å². The molecule has 23 heavy (non-hydrogen) atoms. The summed E-state index contributed by atoms with van der Waals surface area (Å²) in [6.07, 6.45) is 2.27. The smallest absolute Gasteiger partial charge is 0.307 e. The van der Waals surface area contributed by atoms with E-state index in [2.05, 4.69) is 0 Å². The molecule has 1 aromatic carbocycles. The average molecular weight is 313 g/mol. The molecule has 0 fully saturated rings. The van der Waals surface area contributed by atoms with Crippen molar-refractivity contribution in [2.45, 2.75) is 32.9 Å². The third-order valence-electron chi connectivity index (χ3n) is 4.27. The van der Waals surface area contributed by atoms with E-state index in [1.165, 1.54) is 10.8 Å². The molecule has 2 aromatic rings. The van der Waals surface area contributed by atoms with Crippen molar-refractivity contribution < 1.29 is 4.79 Å². The highest BCUT2D eigenvalue weighted by molar-refractivity contribution is 5.96. The van der Waals surface area contributed by atoms with Crippen molar-refractivity contribution in [2.24, 2.45) is 7.05 Å². The largest absolute Gasteiger partial charge is 0.331 e. The third kappa shape index (κ3) is 2.50. The fourth-order valence-electron chi connectivity index (χ4n) is 3.19. The second-order valence-electron chi connectivity index (χ2n) is 6.04. The molecule has 1 amide bonds. The van der Waals surface area contributed by atoms with Crippen molar-refractivity contribution >= 4 is 11.6 Å². The number of carbonyl (C=O) groups is 1. The van der Waals surface area contributed by atoms with E-state index in [0.29, 0.717) is 5.56 Å². The molecular formula is C17H19N3O3. The Labute approximate surface area is 133 Å². The lowest BCUT2D eigenvalue weighted by atomic mass is 10.1. The van der Waals surface area contributed by atoms with E-state index in [1.807, 2.05) is 31.2 Å². The predicted molar refractivity (Wildman–Crippen MR) is 87.8 cm³/mol. The highest BCUT2D eigenvalue weighted by atomic mass is 16.2. The average Bonchev–Trinajstić information content (AvgIpc) is 2.85. The maximum atomic E-state index is 12.7. The van der Waals surface area contributed by atoms with E-state index in [4.69, 9.17) is 0 Å². The van der Waals surface area contributed by atoms with Crippen LogP contribution in [0.15, 0.2) is 40.1 Å². The number of carbonyl (C=O) groups excluding carboxylic acids is 1. The summed E-state index contributed by atoms with van der Waals surface area (Å²) in [5.74, 6) is -0.243. The Kier molecular flexibility index (Phi) is 3.67. The Morgan fingerprint density at radius 3 is 2.70 bits per heavy atom. The van der Waals surface area contributed by atoms with Gasteiger partial charge in [-0.25, -0.2) is 4.79 Å². The number of rotatable bonds is 2. The van der Waals surface area contributed by atoms with Crippen LogP contribution in [0.4, 0.5) is 5.69 Å². The van der Waals surface area contributed by atoms with Crippen molar-refractivity contribution in [1.29, 1.82) is 0 Å². The van der Waals surface area contributed by atoms with E-state index < -0.39 is 11.2 Å². The van der Waals surface area contributed by atoms with Crippen molar-refractivity contribution in [1.82, 2.24) is 9.13 Å². The van der Waals surface area contributed by atoms with Gasteiger partial charge in [0, 0.05) is 30.5 Å². The lowest BCUT2D eigenvalue weighted by Gasteiger charge is -2.23. The van der Waals surface area contributed by atoms with Crippen LogP contribution in [0.1, 0.15) is 18.1 Å². The summed E-state index contributed by atoms with van der Waals surface area (Å²) >= 11 is 0. The molecule has 0 radical (unpaired) electrons. The molecule has 1 atom stereocenters. The van der Waals surface area contributed by atoms with E-state index in [1.54, 1.807) is 18.9 Å². The lowest BCUT2D eigenvalue weighted by molar-refractivity contribution is -0.119. The van der Waals surface area contributed by atoms with E-state index >= 15 is 0 Å². The topological polar surface area (TPSA) is 64.3 Å². The van der Waals surface area contributed by atoms with Crippen molar-refractivity contribution in [2.75, 3.05) is 4.90 Å². The maximum Gasteiger partial charge on any atom is 0.331 e. The molecule has 0 saturated heterocycles. The molecule has 120 valence electrons. The van der Waals surface area contributed by atoms with Crippen LogP contribution in [0.3, 0.4) is 0 Å². The van der Waals surface area contributed by atoms with Crippen molar-refractivity contribution in [3.05, 3.63) is 62.4 Å². The van der Waals surface area contributed by atoms with Crippen LogP contribution in [-0.2, 0) is 24.8 Å². The minimum Gasteiger partial charge on any atom is -0.307 e.